The highest BCUT2D eigenvalue weighted by Gasteiger charge is 2.51. The Morgan fingerprint density at radius 1 is 1.35 bits per heavy atom. The topological polar surface area (TPSA) is 183 Å². The Bertz CT molecular complexity index is 1040. The van der Waals surface area contributed by atoms with Gasteiger partial charge in [-0.3, -0.25) is 23.7 Å². The van der Waals surface area contributed by atoms with Gasteiger partial charge in [-0.05, 0) is 18.4 Å². The fraction of sp³-hybridized carbons (Fsp3) is 0.438. The molecular weight excluding hydrogens is 456 g/mol. The second-order valence-electron chi connectivity index (χ2n) is 6.82. The van der Waals surface area contributed by atoms with Crippen molar-refractivity contribution in [3.05, 3.63) is 22.4 Å². The molecule has 3 heterocycles. The number of nitrogens with zero attached hydrogens (tertiary/aromatic N) is 3. The minimum atomic E-state index is -4.74. The molecule has 1 aromatic heterocycles. The summed E-state index contributed by atoms with van der Waals surface area (Å²) in [7, 11) is -4.74. The molecule has 31 heavy (non-hydrogen) atoms. The molecule has 2 aliphatic rings. The van der Waals surface area contributed by atoms with Gasteiger partial charge in [-0.15, -0.1) is 11.3 Å². The van der Waals surface area contributed by atoms with Crippen LogP contribution in [0, 0.1) is 0 Å². The van der Waals surface area contributed by atoms with Gasteiger partial charge in [0.15, 0.2) is 5.71 Å². The second kappa shape index (κ2) is 8.80. The van der Waals surface area contributed by atoms with Crippen molar-refractivity contribution >= 4 is 50.7 Å². The molecule has 13 nitrogen and oxygen atoms in total. The molecule has 2 saturated heterocycles. The molecule has 2 aliphatic heterocycles. The lowest BCUT2D eigenvalue weighted by atomic mass is 10.0. The van der Waals surface area contributed by atoms with Gasteiger partial charge in [0.05, 0.1) is 23.5 Å². The molecule has 168 valence electrons. The molecule has 0 saturated carbocycles. The van der Waals surface area contributed by atoms with Crippen LogP contribution in [-0.4, -0.2) is 87.9 Å². The number of ketones is 2. The Morgan fingerprint density at radius 3 is 2.65 bits per heavy atom. The van der Waals surface area contributed by atoms with Gasteiger partial charge in [0.1, 0.15) is 12.6 Å². The summed E-state index contributed by atoms with van der Waals surface area (Å²) in [5, 5.41) is 18.2. The third-order valence-corrected chi connectivity index (χ3v) is 6.61. The third kappa shape index (κ3) is 4.80. The number of hydrogen-bond donors (Lipinski definition) is 3. The molecule has 2 amide bonds. The quantitative estimate of drug-likeness (QED) is 0.139. The van der Waals surface area contributed by atoms with Gasteiger partial charge in [-0.2, -0.15) is 13.5 Å². The van der Waals surface area contributed by atoms with Crippen molar-refractivity contribution in [3.63, 3.8) is 0 Å². The zero-order valence-electron chi connectivity index (χ0n) is 16.0. The Hall–Kier alpha value is -2.72. The van der Waals surface area contributed by atoms with E-state index in [4.69, 9.17) is 9.39 Å². The molecule has 0 spiro atoms. The summed E-state index contributed by atoms with van der Waals surface area (Å²) in [6, 6.07) is 0.156. The third-order valence-electron chi connectivity index (χ3n) is 4.72. The van der Waals surface area contributed by atoms with E-state index in [0.717, 1.165) is 11.3 Å². The van der Waals surface area contributed by atoms with Crippen molar-refractivity contribution in [1.82, 2.24) is 14.7 Å². The van der Waals surface area contributed by atoms with Crippen molar-refractivity contribution in [2.45, 2.75) is 31.5 Å². The van der Waals surface area contributed by atoms with Crippen LogP contribution in [0.4, 0.5) is 0 Å². The van der Waals surface area contributed by atoms with Gasteiger partial charge < -0.3 is 15.4 Å². The first kappa shape index (κ1) is 23.0. The lowest BCUT2D eigenvalue weighted by Gasteiger charge is -2.42. The predicted molar refractivity (Wildman–Crippen MR) is 104 cm³/mol. The van der Waals surface area contributed by atoms with Crippen molar-refractivity contribution in [2.24, 2.45) is 5.16 Å². The Kier molecular flexibility index (Phi) is 6.51. The lowest BCUT2D eigenvalue weighted by Crippen LogP contribution is -2.71. The van der Waals surface area contributed by atoms with E-state index >= 15 is 0 Å². The maximum atomic E-state index is 12.7. The average Bonchev–Trinajstić information content (AvgIpc) is 3.20. The monoisotopic (exact) mass is 474 g/mol. The number of piperidine rings is 1. The normalized spacial score (nSPS) is 25.4. The van der Waals surface area contributed by atoms with Gasteiger partial charge in [0.2, 0.25) is 11.6 Å². The van der Waals surface area contributed by atoms with Crippen molar-refractivity contribution in [1.29, 1.82) is 0 Å². The fourth-order valence-corrected chi connectivity index (χ4v) is 4.64. The van der Waals surface area contributed by atoms with Crippen molar-refractivity contribution in [3.8, 4) is 0 Å². The van der Waals surface area contributed by atoms with Crippen LogP contribution in [0.1, 0.15) is 18.2 Å². The van der Waals surface area contributed by atoms with Crippen molar-refractivity contribution in [2.75, 3.05) is 13.2 Å². The number of thiophene rings is 1. The summed E-state index contributed by atoms with van der Waals surface area (Å²) in [6.45, 7) is 0.559. The van der Waals surface area contributed by atoms with Gasteiger partial charge in [-0.1, -0.05) is 11.2 Å². The minimum Gasteiger partial charge on any atom is -0.393 e. The van der Waals surface area contributed by atoms with Crippen LogP contribution >= 0.6 is 11.3 Å². The van der Waals surface area contributed by atoms with Crippen LogP contribution in [0.5, 0.6) is 0 Å². The molecule has 2 fully saturated rings. The van der Waals surface area contributed by atoms with Gasteiger partial charge in [0, 0.05) is 6.42 Å². The molecule has 3 N–H and O–H groups in total. The number of β-lactam (4-membered cyclic amide) rings is 1. The smallest absolute Gasteiger partial charge is 0.362 e. The van der Waals surface area contributed by atoms with E-state index in [9.17, 15) is 32.8 Å². The minimum absolute atomic E-state index is 0.219. The zero-order chi connectivity index (χ0) is 22.9. The zero-order valence-corrected chi connectivity index (χ0v) is 17.6. The van der Waals surface area contributed by atoms with E-state index in [-0.39, 0.29) is 23.0 Å². The fourth-order valence-electron chi connectivity index (χ4n) is 3.06. The average molecular weight is 474 g/mol. The summed E-state index contributed by atoms with van der Waals surface area (Å²) >= 11 is 1.14. The molecule has 1 aromatic rings. The van der Waals surface area contributed by atoms with E-state index < -0.39 is 58.4 Å². The summed E-state index contributed by atoms with van der Waals surface area (Å²) in [5.41, 5.74) is -0.219. The second-order valence-corrected chi connectivity index (χ2v) is 9.06. The predicted octanol–water partition coefficient (Wildman–Crippen LogP) is -1.41. The van der Waals surface area contributed by atoms with Crippen LogP contribution in [-0.2, 0) is 34.3 Å². The number of amides is 2. The first-order valence-corrected chi connectivity index (χ1v) is 11.1. The Morgan fingerprint density at radius 2 is 2.06 bits per heavy atom. The van der Waals surface area contributed by atoms with E-state index in [2.05, 4.69) is 10.5 Å². The number of rotatable bonds is 7. The molecule has 0 aromatic carbocycles. The summed E-state index contributed by atoms with van der Waals surface area (Å²) < 4.78 is 31.7. The van der Waals surface area contributed by atoms with Crippen LogP contribution in [0.25, 0.3) is 0 Å². The summed E-state index contributed by atoms with van der Waals surface area (Å²) in [5.74, 6) is -3.21. The first-order chi connectivity index (χ1) is 14.5. The number of Topliss-reactive ketones (excluding diaryl/α,β-unsaturated/α-hetero) is 2. The molecule has 1 unspecified atom stereocenters. The van der Waals surface area contributed by atoms with Crippen LogP contribution in [0.15, 0.2) is 22.7 Å². The highest BCUT2D eigenvalue weighted by atomic mass is 32.2. The number of carbonyl (C=O) groups is 4. The lowest BCUT2D eigenvalue weighted by molar-refractivity contribution is -0.173. The van der Waals surface area contributed by atoms with E-state index in [1.54, 1.807) is 17.5 Å². The van der Waals surface area contributed by atoms with Crippen LogP contribution in [0.3, 0.4) is 0 Å². The standard InChI is InChI=1S/C16H18N4O9S2/c1-8-13(16(24)20(8)31(26,27)28)17-15(23)14(12-3-2-4-30-12)18-29-7-9-5-10(21)11(22)6-19(9)25/h2-4,8-9,13,25H,5-7H2,1H3,(H,17,23)(H,26,27,28)/t8-,9?,13-/m0/s1. The SMILES string of the molecule is C[C@H]1[C@H](NC(=O)C(=NOCC2CC(=O)C(=O)CN2O)c2cccs2)C(=O)N1S(=O)(=O)O. The maximum Gasteiger partial charge on any atom is 0.362 e. The van der Waals surface area contributed by atoms with Gasteiger partial charge in [-0.25, -0.2) is 4.31 Å². The summed E-state index contributed by atoms with van der Waals surface area (Å²) in [4.78, 5) is 53.0. The van der Waals surface area contributed by atoms with E-state index in [1.165, 1.54) is 6.92 Å². The molecular formula is C16H18N4O9S2. The molecule has 0 radical (unpaired) electrons. The molecule has 0 aliphatic carbocycles. The van der Waals surface area contributed by atoms with Crippen LogP contribution < -0.4 is 5.32 Å². The highest BCUT2D eigenvalue weighted by Crippen LogP contribution is 2.23. The van der Waals surface area contributed by atoms with Crippen molar-refractivity contribution < 1.29 is 42.2 Å². The first-order valence-electron chi connectivity index (χ1n) is 8.87. The van der Waals surface area contributed by atoms with Gasteiger partial charge >= 0.3 is 10.3 Å². The highest BCUT2D eigenvalue weighted by molar-refractivity contribution is 7.84. The maximum absolute atomic E-state index is 12.7. The molecule has 3 rings (SSSR count). The van der Waals surface area contributed by atoms with Crippen LogP contribution in [0.2, 0.25) is 0 Å². The Balaban J connectivity index is 1.69. The van der Waals surface area contributed by atoms with Gasteiger partial charge in [0.25, 0.3) is 11.8 Å². The molecule has 0 bridgehead atoms. The number of oxime groups is 1. The van der Waals surface area contributed by atoms with E-state index in [0.29, 0.717) is 9.94 Å². The number of hydrogen-bond acceptors (Lipinski definition) is 11. The number of nitrogens with one attached hydrogen (secondary N) is 1. The number of carbonyl (C=O) groups excluding carboxylic acids is 4. The summed E-state index contributed by atoms with van der Waals surface area (Å²) in [6.07, 6.45) is -0.273. The largest absolute Gasteiger partial charge is 0.393 e. The Labute approximate surface area is 180 Å². The molecule has 15 heteroatoms. The number of hydroxylamine groups is 2. The van der Waals surface area contributed by atoms with E-state index in [1.807, 2.05) is 0 Å². The molecule has 3 atom stereocenters.